The molecular formula is C23H26Cl2N5O5P. The molecule has 4 rings (SSSR count). The third-order valence-corrected chi connectivity index (χ3v) is 7.42. The Morgan fingerprint density at radius 2 is 1.94 bits per heavy atom. The lowest BCUT2D eigenvalue weighted by molar-refractivity contribution is -0.149. The first-order valence-electron chi connectivity index (χ1n) is 11.3. The number of esters is 1. The number of fused-ring (bicyclic) bond motifs is 1. The molecule has 2 heterocycles. The van der Waals surface area contributed by atoms with Gasteiger partial charge in [0.1, 0.15) is 17.3 Å². The molecule has 13 heteroatoms. The van der Waals surface area contributed by atoms with Crippen LogP contribution < -0.4 is 9.61 Å². The van der Waals surface area contributed by atoms with Crippen LogP contribution in [0.3, 0.4) is 0 Å². The van der Waals surface area contributed by atoms with Crippen LogP contribution >= 0.6 is 30.9 Å². The lowest BCUT2D eigenvalue weighted by Crippen LogP contribution is -2.36. The molecule has 0 saturated heterocycles. The van der Waals surface area contributed by atoms with E-state index in [9.17, 15) is 9.36 Å². The maximum absolute atomic E-state index is 13.7. The molecule has 192 valence electrons. The molecule has 1 aliphatic rings. The third kappa shape index (κ3) is 6.44. The Labute approximate surface area is 218 Å². The summed E-state index contributed by atoms with van der Waals surface area (Å²) >= 11 is 12.1. The topological polar surface area (TPSA) is 117 Å². The number of carbonyl (C=O) groups is 1. The van der Waals surface area contributed by atoms with Crippen molar-refractivity contribution in [2.24, 2.45) is 5.92 Å². The first-order chi connectivity index (χ1) is 17.1. The molecule has 36 heavy (non-hydrogen) atoms. The molecule has 0 aliphatic heterocycles. The lowest BCUT2D eigenvalue weighted by atomic mass is 10.1. The van der Waals surface area contributed by atoms with Crippen molar-refractivity contribution in [2.75, 3.05) is 6.61 Å². The van der Waals surface area contributed by atoms with Gasteiger partial charge in [-0.2, -0.15) is 10.1 Å². The quantitative estimate of drug-likeness (QED) is 0.116. The summed E-state index contributed by atoms with van der Waals surface area (Å²) in [7, 11) is -3.94. The summed E-state index contributed by atoms with van der Waals surface area (Å²) in [6, 6.07) is 7.61. The number of rotatable bonds is 10. The highest BCUT2D eigenvalue weighted by atomic mass is 35.5. The summed E-state index contributed by atoms with van der Waals surface area (Å²) in [4.78, 5) is 24.8. The Morgan fingerprint density at radius 1 is 1.19 bits per heavy atom. The SMILES string of the molecule is CC(C)OC(=O)[C@H](C)NP(=O)(OC[C@@H]1C=C[C@H](n2cnc3c(Cl)nc(Cl)nc32)C1)Oc1ccccc1. The maximum atomic E-state index is 13.7. The fourth-order valence-electron chi connectivity index (χ4n) is 3.71. The minimum Gasteiger partial charge on any atom is -0.462 e. The molecule has 1 aliphatic carbocycles. The molecule has 1 N–H and O–H groups in total. The van der Waals surface area contributed by atoms with Crippen molar-refractivity contribution in [2.45, 2.75) is 45.4 Å². The number of imidazole rings is 1. The van der Waals surface area contributed by atoms with Gasteiger partial charge >= 0.3 is 13.7 Å². The number of aromatic nitrogens is 4. The van der Waals surface area contributed by atoms with Crippen molar-refractivity contribution < 1.29 is 23.1 Å². The first-order valence-corrected chi connectivity index (χ1v) is 13.6. The van der Waals surface area contributed by atoms with E-state index in [0.717, 1.165) is 0 Å². The zero-order valence-electron chi connectivity index (χ0n) is 19.9. The minimum absolute atomic E-state index is 0.0336. The van der Waals surface area contributed by atoms with Crippen LogP contribution in [0.25, 0.3) is 11.2 Å². The number of benzene rings is 1. The second-order valence-corrected chi connectivity index (χ2v) is 11.0. The van der Waals surface area contributed by atoms with Gasteiger partial charge in [-0.15, -0.1) is 0 Å². The monoisotopic (exact) mass is 553 g/mol. The molecular weight excluding hydrogens is 528 g/mol. The fourth-order valence-corrected chi connectivity index (χ4v) is 5.68. The predicted octanol–water partition coefficient (Wildman–Crippen LogP) is 5.38. The molecule has 0 fully saturated rings. The number of ether oxygens (including phenoxy) is 1. The Morgan fingerprint density at radius 3 is 2.67 bits per heavy atom. The molecule has 0 amide bonds. The van der Waals surface area contributed by atoms with E-state index in [4.69, 9.17) is 37.0 Å². The van der Waals surface area contributed by atoms with Crippen molar-refractivity contribution >= 4 is 48.1 Å². The van der Waals surface area contributed by atoms with Gasteiger partial charge in [0.15, 0.2) is 10.8 Å². The van der Waals surface area contributed by atoms with Crippen molar-refractivity contribution in [3.63, 3.8) is 0 Å². The zero-order valence-corrected chi connectivity index (χ0v) is 22.3. The van der Waals surface area contributed by atoms with Gasteiger partial charge in [-0.3, -0.25) is 9.32 Å². The van der Waals surface area contributed by atoms with Crippen LogP contribution in [0.15, 0.2) is 48.8 Å². The number of nitrogens with zero attached hydrogens (tertiary/aromatic N) is 4. The van der Waals surface area contributed by atoms with Crippen LogP contribution in [-0.2, 0) is 18.6 Å². The van der Waals surface area contributed by atoms with Crippen molar-refractivity contribution in [3.05, 3.63) is 59.2 Å². The number of halogens is 2. The first kappa shape index (κ1) is 26.6. The number of hydrogen-bond donors (Lipinski definition) is 1. The molecule has 1 aromatic carbocycles. The molecule has 1 unspecified atom stereocenters. The Balaban J connectivity index is 1.45. The van der Waals surface area contributed by atoms with Gasteiger partial charge in [0.25, 0.3) is 0 Å². The van der Waals surface area contributed by atoms with E-state index in [1.165, 1.54) is 0 Å². The van der Waals surface area contributed by atoms with Crippen LogP contribution in [0, 0.1) is 5.92 Å². The van der Waals surface area contributed by atoms with Gasteiger partial charge in [-0.25, -0.2) is 14.5 Å². The van der Waals surface area contributed by atoms with E-state index in [2.05, 4.69) is 20.0 Å². The van der Waals surface area contributed by atoms with Crippen LogP contribution in [-0.4, -0.2) is 44.2 Å². The van der Waals surface area contributed by atoms with Crippen LogP contribution in [0.4, 0.5) is 0 Å². The molecule has 4 atom stereocenters. The van der Waals surface area contributed by atoms with Crippen molar-refractivity contribution in [3.8, 4) is 5.75 Å². The number of para-hydroxylation sites is 1. The number of allylic oxidation sites excluding steroid dienone is 1. The molecule has 2 aromatic heterocycles. The summed E-state index contributed by atoms with van der Waals surface area (Å²) < 4.78 is 32.2. The highest BCUT2D eigenvalue weighted by molar-refractivity contribution is 7.52. The second-order valence-electron chi connectivity index (χ2n) is 8.59. The van der Waals surface area contributed by atoms with E-state index in [-0.39, 0.29) is 35.1 Å². The van der Waals surface area contributed by atoms with E-state index >= 15 is 0 Å². The molecule has 0 saturated carbocycles. The summed E-state index contributed by atoms with van der Waals surface area (Å²) in [6.45, 7) is 5.10. The van der Waals surface area contributed by atoms with Crippen molar-refractivity contribution in [1.82, 2.24) is 24.6 Å². The zero-order chi connectivity index (χ0) is 25.9. The van der Waals surface area contributed by atoms with Gasteiger partial charge in [0, 0.05) is 5.92 Å². The second kappa shape index (κ2) is 11.3. The Kier molecular flexibility index (Phi) is 8.32. The molecule has 3 aromatic rings. The maximum Gasteiger partial charge on any atom is 0.459 e. The van der Waals surface area contributed by atoms with Gasteiger partial charge in [0.2, 0.25) is 5.28 Å². The van der Waals surface area contributed by atoms with E-state index in [1.54, 1.807) is 51.4 Å². The van der Waals surface area contributed by atoms with E-state index in [0.29, 0.717) is 23.3 Å². The van der Waals surface area contributed by atoms with Crippen molar-refractivity contribution in [1.29, 1.82) is 0 Å². The highest BCUT2D eigenvalue weighted by Crippen LogP contribution is 2.46. The third-order valence-electron chi connectivity index (χ3n) is 5.34. The summed E-state index contributed by atoms with van der Waals surface area (Å²) in [5, 5.41) is 2.91. The van der Waals surface area contributed by atoms with Gasteiger partial charge in [0.05, 0.1) is 25.1 Å². The van der Waals surface area contributed by atoms with Gasteiger partial charge < -0.3 is 13.8 Å². The molecule has 0 bridgehead atoms. The fraction of sp³-hybridized carbons (Fsp3) is 0.391. The van der Waals surface area contributed by atoms with E-state index < -0.39 is 19.8 Å². The lowest BCUT2D eigenvalue weighted by Gasteiger charge is -2.24. The van der Waals surface area contributed by atoms with Crippen LogP contribution in [0.5, 0.6) is 5.75 Å². The summed E-state index contributed by atoms with van der Waals surface area (Å²) in [6.07, 6.45) is 5.89. The number of nitrogens with one attached hydrogen (secondary N) is 1. The standard InChI is InChI=1S/C23H26Cl2N5O5P/c1-14(2)34-22(31)15(3)29-36(32,35-18-7-5-4-6-8-18)33-12-16-9-10-17(11-16)30-13-26-19-20(24)27-23(25)28-21(19)30/h4-10,13-17H,11-12H2,1-3H3,(H,29,32)/t15-,16+,17-,36?/m0/s1. The number of carbonyl (C=O) groups excluding carboxylic acids is 1. The van der Waals surface area contributed by atoms with Gasteiger partial charge in [-0.1, -0.05) is 42.0 Å². The average Bonchev–Trinajstić information content (AvgIpc) is 3.45. The Bertz CT molecular complexity index is 1300. The van der Waals surface area contributed by atoms with Gasteiger partial charge in [-0.05, 0) is 50.9 Å². The van der Waals surface area contributed by atoms with Crippen LogP contribution in [0.1, 0.15) is 33.2 Å². The normalized spacial score (nSPS) is 19.9. The predicted molar refractivity (Wildman–Crippen MR) is 136 cm³/mol. The molecule has 10 nitrogen and oxygen atoms in total. The highest BCUT2D eigenvalue weighted by Gasteiger charge is 2.34. The molecule has 0 spiro atoms. The number of hydrogen-bond acceptors (Lipinski definition) is 8. The summed E-state index contributed by atoms with van der Waals surface area (Å²) in [5.41, 5.74) is 0.981. The van der Waals surface area contributed by atoms with E-state index in [1.807, 2.05) is 22.8 Å². The largest absolute Gasteiger partial charge is 0.462 e. The molecule has 0 radical (unpaired) electrons. The minimum atomic E-state index is -3.94. The average molecular weight is 554 g/mol. The smallest absolute Gasteiger partial charge is 0.459 e. The summed E-state index contributed by atoms with van der Waals surface area (Å²) in [5.74, 6) is -0.304. The Hall–Kier alpha value is -2.49. The van der Waals surface area contributed by atoms with Crippen LogP contribution in [0.2, 0.25) is 10.4 Å².